The fourth-order valence-electron chi connectivity index (χ4n) is 2.72. The van der Waals surface area contributed by atoms with E-state index in [1.54, 1.807) is 48.8 Å². The van der Waals surface area contributed by atoms with Gasteiger partial charge < -0.3 is 5.32 Å². The monoisotopic (exact) mass is 409 g/mol. The van der Waals surface area contributed by atoms with Crippen molar-refractivity contribution in [1.29, 1.82) is 0 Å². The fourth-order valence-corrected chi connectivity index (χ4v) is 3.78. The summed E-state index contributed by atoms with van der Waals surface area (Å²) < 4.78 is 27.6. The molecule has 2 N–H and O–H groups in total. The zero-order valence-electron chi connectivity index (χ0n) is 16.1. The number of hydrogen-bond donors (Lipinski definition) is 2. The minimum atomic E-state index is -3.65. The lowest BCUT2D eigenvalue weighted by atomic mass is 10.1. The molecule has 0 saturated heterocycles. The maximum Gasteiger partial charge on any atom is 0.261 e. The zero-order valence-corrected chi connectivity index (χ0v) is 16.9. The first kappa shape index (κ1) is 20.5. The maximum atomic E-state index is 12.5. The number of aromatic nitrogens is 1. The number of anilines is 1. The summed E-state index contributed by atoms with van der Waals surface area (Å²) in [5, 5.41) is 2.86. The third-order valence-electron chi connectivity index (χ3n) is 4.42. The van der Waals surface area contributed by atoms with Crippen LogP contribution in [0.3, 0.4) is 0 Å². The normalized spacial score (nSPS) is 11.1. The number of carbonyl (C=O) groups is 1. The number of amides is 1. The van der Waals surface area contributed by atoms with E-state index in [-0.39, 0.29) is 10.8 Å². The van der Waals surface area contributed by atoms with Gasteiger partial charge in [-0.3, -0.25) is 14.5 Å². The van der Waals surface area contributed by atoms with Crippen molar-refractivity contribution in [2.75, 3.05) is 4.72 Å². The van der Waals surface area contributed by atoms with E-state index in [0.717, 1.165) is 16.7 Å². The van der Waals surface area contributed by atoms with E-state index in [4.69, 9.17) is 0 Å². The highest BCUT2D eigenvalue weighted by molar-refractivity contribution is 7.92. The molecule has 0 fully saturated rings. The van der Waals surface area contributed by atoms with E-state index in [1.807, 2.05) is 31.2 Å². The molecule has 0 aliphatic heterocycles. The van der Waals surface area contributed by atoms with Gasteiger partial charge in [0.2, 0.25) is 5.91 Å². The van der Waals surface area contributed by atoms with Crippen LogP contribution in [0, 0.1) is 6.92 Å². The number of carbonyl (C=O) groups excluding carboxylic acids is 1. The van der Waals surface area contributed by atoms with Crippen LogP contribution in [0.25, 0.3) is 0 Å². The molecule has 3 rings (SSSR count). The van der Waals surface area contributed by atoms with Crippen LogP contribution in [0.5, 0.6) is 0 Å². The number of nitrogens with one attached hydrogen (secondary N) is 2. The SMILES string of the molecule is Cc1ccc(NS(=O)(=O)c2ccc(CCC(=O)NCc3ccncc3)cc2)cc1. The standard InChI is InChI=1S/C22H23N3O3S/c1-17-2-7-20(8-3-17)25-29(27,28)21-9-4-18(5-10-21)6-11-22(26)24-16-19-12-14-23-15-13-19/h2-5,7-10,12-15,25H,6,11,16H2,1H3,(H,24,26). The second-order valence-electron chi connectivity index (χ2n) is 6.75. The van der Waals surface area contributed by atoms with E-state index >= 15 is 0 Å². The highest BCUT2D eigenvalue weighted by Crippen LogP contribution is 2.17. The molecule has 0 radical (unpaired) electrons. The van der Waals surface area contributed by atoms with Gasteiger partial charge in [-0.2, -0.15) is 0 Å². The molecule has 0 bridgehead atoms. The Balaban J connectivity index is 1.52. The van der Waals surface area contributed by atoms with Crippen LogP contribution >= 0.6 is 0 Å². The van der Waals surface area contributed by atoms with Gasteiger partial charge in [-0.15, -0.1) is 0 Å². The fraction of sp³-hybridized carbons (Fsp3) is 0.182. The van der Waals surface area contributed by atoms with Crippen LogP contribution in [0.4, 0.5) is 5.69 Å². The Labute approximate surface area is 171 Å². The van der Waals surface area contributed by atoms with E-state index in [9.17, 15) is 13.2 Å². The molecule has 0 unspecified atom stereocenters. The van der Waals surface area contributed by atoms with Gasteiger partial charge in [0.25, 0.3) is 10.0 Å². The second-order valence-corrected chi connectivity index (χ2v) is 8.43. The summed E-state index contributed by atoms with van der Waals surface area (Å²) >= 11 is 0. The Morgan fingerprint density at radius 1 is 0.897 bits per heavy atom. The van der Waals surface area contributed by atoms with Crippen molar-refractivity contribution in [3.63, 3.8) is 0 Å². The number of pyridine rings is 1. The van der Waals surface area contributed by atoms with Crippen molar-refractivity contribution >= 4 is 21.6 Å². The molecule has 0 atom stereocenters. The van der Waals surface area contributed by atoms with Crippen molar-refractivity contribution in [1.82, 2.24) is 10.3 Å². The lowest BCUT2D eigenvalue weighted by Crippen LogP contribution is -2.23. The summed E-state index contributed by atoms with van der Waals surface area (Å²) in [5.74, 6) is -0.0560. The third-order valence-corrected chi connectivity index (χ3v) is 5.81. The molecule has 0 aliphatic rings. The molecule has 1 aromatic heterocycles. The molecule has 7 heteroatoms. The van der Waals surface area contributed by atoms with Gasteiger partial charge >= 0.3 is 0 Å². The van der Waals surface area contributed by atoms with Gasteiger partial charge in [-0.25, -0.2) is 8.42 Å². The highest BCUT2D eigenvalue weighted by Gasteiger charge is 2.14. The smallest absolute Gasteiger partial charge is 0.261 e. The topological polar surface area (TPSA) is 88.2 Å². The number of aryl methyl sites for hydroxylation is 2. The first-order chi connectivity index (χ1) is 13.9. The van der Waals surface area contributed by atoms with Gasteiger partial charge in [0.05, 0.1) is 4.90 Å². The summed E-state index contributed by atoms with van der Waals surface area (Å²) in [5.41, 5.74) is 3.47. The number of sulfonamides is 1. The van der Waals surface area contributed by atoms with Gasteiger partial charge in [0.1, 0.15) is 0 Å². The first-order valence-electron chi connectivity index (χ1n) is 9.26. The molecule has 0 aliphatic carbocycles. The summed E-state index contributed by atoms with van der Waals surface area (Å²) in [6.07, 6.45) is 4.24. The quantitative estimate of drug-likeness (QED) is 0.597. The summed E-state index contributed by atoms with van der Waals surface area (Å²) in [6, 6.07) is 17.4. The summed E-state index contributed by atoms with van der Waals surface area (Å²) in [7, 11) is -3.65. The second kappa shape index (κ2) is 9.34. The molecule has 1 amide bonds. The third kappa shape index (κ3) is 6.15. The van der Waals surface area contributed by atoms with Crippen LogP contribution in [0.1, 0.15) is 23.1 Å². The molecular weight excluding hydrogens is 386 g/mol. The first-order valence-corrected chi connectivity index (χ1v) is 10.7. The number of nitrogens with zero attached hydrogens (tertiary/aromatic N) is 1. The molecule has 0 spiro atoms. The van der Waals surface area contributed by atoms with Gasteiger partial charge in [-0.1, -0.05) is 29.8 Å². The largest absolute Gasteiger partial charge is 0.352 e. The van der Waals surface area contributed by atoms with Crippen LogP contribution in [-0.4, -0.2) is 19.3 Å². The van der Waals surface area contributed by atoms with E-state index in [1.165, 1.54) is 0 Å². The lowest BCUT2D eigenvalue weighted by Gasteiger charge is -2.09. The summed E-state index contributed by atoms with van der Waals surface area (Å²) in [6.45, 7) is 2.40. The molecular formula is C22H23N3O3S. The highest BCUT2D eigenvalue weighted by atomic mass is 32.2. The zero-order chi connectivity index (χ0) is 20.7. The Hall–Kier alpha value is -3.19. The van der Waals surface area contributed by atoms with Gasteiger partial charge in [0.15, 0.2) is 0 Å². The lowest BCUT2D eigenvalue weighted by molar-refractivity contribution is -0.121. The number of rotatable bonds is 8. The predicted molar refractivity (Wildman–Crippen MR) is 113 cm³/mol. The molecule has 3 aromatic rings. The van der Waals surface area contributed by atoms with Gasteiger partial charge in [-0.05, 0) is 60.9 Å². The Morgan fingerprint density at radius 2 is 1.55 bits per heavy atom. The van der Waals surface area contributed by atoms with Crippen LogP contribution in [0.2, 0.25) is 0 Å². The van der Waals surface area contributed by atoms with Gasteiger partial charge in [0, 0.05) is 31.0 Å². The Morgan fingerprint density at radius 3 is 2.21 bits per heavy atom. The molecule has 0 saturated carbocycles. The van der Waals surface area contributed by atoms with Crippen molar-refractivity contribution in [3.05, 3.63) is 89.7 Å². The van der Waals surface area contributed by atoms with Crippen molar-refractivity contribution in [2.24, 2.45) is 0 Å². The number of hydrogen-bond acceptors (Lipinski definition) is 4. The average Bonchev–Trinajstić information content (AvgIpc) is 2.73. The molecule has 29 heavy (non-hydrogen) atoms. The van der Waals surface area contributed by atoms with Crippen LogP contribution in [-0.2, 0) is 27.8 Å². The Bertz CT molecular complexity index is 1050. The average molecular weight is 410 g/mol. The van der Waals surface area contributed by atoms with E-state index in [0.29, 0.717) is 25.1 Å². The molecule has 1 heterocycles. The summed E-state index contributed by atoms with van der Waals surface area (Å²) in [4.78, 5) is 16.1. The Kier molecular flexibility index (Phi) is 6.61. The molecule has 150 valence electrons. The molecule has 6 nitrogen and oxygen atoms in total. The van der Waals surface area contributed by atoms with Crippen LogP contribution < -0.4 is 10.0 Å². The van der Waals surface area contributed by atoms with E-state index < -0.39 is 10.0 Å². The van der Waals surface area contributed by atoms with Crippen molar-refractivity contribution in [3.8, 4) is 0 Å². The number of benzene rings is 2. The van der Waals surface area contributed by atoms with Crippen molar-refractivity contribution in [2.45, 2.75) is 31.2 Å². The predicted octanol–water partition coefficient (Wildman–Crippen LogP) is 3.44. The maximum absolute atomic E-state index is 12.5. The minimum absolute atomic E-state index is 0.0560. The molecule has 2 aromatic carbocycles. The van der Waals surface area contributed by atoms with Crippen LogP contribution in [0.15, 0.2) is 78.0 Å². The van der Waals surface area contributed by atoms with Crippen molar-refractivity contribution < 1.29 is 13.2 Å². The van der Waals surface area contributed by atoms with E-state index in [2.05, 4.69) is 15.0 Å². The minimum Gasteiger partial charge on any atom is -0.352 e.